The Morgan fingerprint density at radius 2 is 0.852 bits per heavy atom. The number of nitrogens with two attached hydrogens (primary N) is 1. The first kappa shape index (κ1) is 49.5. The van der Waals surface area contributed by atoms with E-state index in [-0.39, 0.29) is 50.9 Å². The lowest BCUT2D eigenvalue weighted by Crippen LogP contribution is -2.22. The zero-order valence-corrected chi connectivity index (χ0v) is 35.5. The summed E-state index contributed by atoms with van der Waals surface area (Å²) in [6, 6.07) is 13.6. The minimum Gasteiger partial charge on any atom is -0.465 e. The second kappa shape index (κ2) is 25.7. The van der Waals surface area contributed by atoms with Gasteiger partial charge < -0.3 is 30.6 Å². The zero-order chi connectivity index (χ0) is 44.9. The molecule has 0 aliphatic heterocycles. The monoisotopic (exact) mass is 870 g/mol. The quantitative estimate of drug-likeness (QED) is 0.0741. The van der Waals surface area contributed by atoms with Gasteiger partial charge in [0.15, 0.2) is 0 Å². The van der Waals surface area contributed by atoms with E-state index in [0.717, 1.165) is 57.4 Å². The predicted octanol–water partition coefficient (Wildman–Crippen LogP) is 9.56. The summed E-state index contributed by atoms with van der Waals surface area (Å²) in [5, 5.41) is 39.2. The van der Waals surface area contributed by atoms with Gasteiger partial charge in [-0.15, -0.1) is 0 Å². The van der Waals surface area contributed by atoms with Crippen molar-refractivity contribution in [1.82, 2.24) is 0 Å². The number of nitro benzene ring substituents is 3. The highest BCUT2D eigenvalue weighted by molar-refractivity contribution is 6.32. The highest BCUT2D eigenvalue weighted by Gasteiger charge is 2.23. The summed E-state index contributed by atoms with van der Waals surface area (Å²) in [4.78, 5) is 65.0. The van der Waals surface area contributed by atoms with E-state index in [0.29, 0.717) is 17.4 Å². The Balaban J connectivity index is 0.000000229. The number of carbonyl (C=O) groups excluding carboxylic acids is 3. The van der Waals surface area contributed by atoms with Crippen molar-refractivity contribution in [2.75, 3.05) is 32.0 Å². The number of nitrogens with zero attached hydrogens (tertiary/aromatic N) is 3. The van der Waals surface area contributed by atoms with E-state index in [4.69, 9.17) is 17.3 Å². The topological polar surface area (TPSA) is 258 Å². The molecule has 0 atom stereocenters. The van der Waals surface area contributed by atoms with Crippen LogP contribution >= 0.6 is 11.6 Å². The van der Waals surface area contributed by atoms with Crippen LogP contribution in [0.4, 0.5) is 28.4 Å². The van der Waals surface area contributed by atoms with E-state index in [2.05, 4.69) is 24.8 Å². The molecule has 332 valence electrons. The van der Waals surface area contributed by atoms with Gasteiger partial charge in [0.2, 0.25) is 0 Å². The molecule has 0 unspecified atom stereocenters. The van der Waals surface area contributed by atoms with Gasteiger partial charge in [0.05, 0.1) is 52.8 Å². The number of nitrogens with one attached hydrogen (secondary N) is 2. The van der Waals surface area contributed by atoms with Gasteiger partial charge in [-0.05, 0) is 74.9 Å². The van der Waals surface area contributed by atoms with Crippen LogP contribution in [0.15, 0.2) is 54.6 Å². The van der Waals surface area contributed by atoms with Crippen LogP contribution in [0.3, 0.4) is 0 Å². The van der Waals surface area contributed by atoms with Crippen LogP contribution in [0, 0.1) is 30.3 Å². The Hall–Kier alpha value is -5.88. The van der Waals surface area contributed by atoms with Crippen molar-refractivity contribution in [1.29, 1.82) is 0 Å². The molecule has 19 heteroatoms. The molecule has 3 saturated carbocycles. The highest BCUT2D eigenvalue weighted by Crippen LogP contribution is 2.31. The number of hydrogen-bond donors (Lipinski definition) is 3. The fourth-order valence-electron chi connectivity index (χ4n) is 7.06. The average molecular weight is 871 g/mol. The molecule has 3 fully saturated rings. The molecule has 0 amide bonds. The predicted molar refractivity (Wildman–Crippen MR) is 230 cm³/mol. The van der Waals surface area contributed by atoms with Crippen molar-refractivity contribution < 1.29 is 43.4 Å². The van der Waals surface area contributed by atoms with Crippen LogP contribution < -0.4 is 16.4 Å². The number of rotatable bonds is 10. The molecule has 3 aliphatic rings. The number of hydrogen-bond acceptors (Lipinski definition) is 15. The minimum absolute atomic E-state index is 0.0114. The molecule has 61 heavy (non-hydrogen) atoms. The number of anilines is 2. The summed E-state index contributed by atoms with van der Waals surface area (Å²) >= 11 is 5.55. The summed E-state index contributed by atoms with van der Waals surface area (Å²) in [5.74, 6) is -1.78. The first-order valence-corrected chi connectivity index (χ1v) is 20.6. The number of halogens is 1. The van der Waals surface area contributed by atoms with Crippen LogP contribution in [-0.2, 0) is 14.2 Å². The van der Waals surface area contributed by atoms with E-state index < -0.39 is 32.7 Å². The third kappa shape index (κ3) is 16.2. The summed E-state index contributed by atoms with van der Waals surface area (Å²) in [6.07, 6.45) is 17.8. The Kier molecular flexibility index (Phi) is 20.8. The molecule has 0 aromatic heterocycles. The summed E-state index contributed by atoms with van der Waals surface area (Å²) in [5.41, 5.74) is 6.57. The Morgan fingerprint density at radius 3 is 1.15 bits per heavy atom. The maximum Gasteiger partial charge on any atom is 0.338 e. The molecule has 3 aromatic carbocycles. The highest BCUT2D eigenvalue weighted by atomic mass is 35.5. The molecule has 0 spiro atoms. The van der Waals surface area contributed by atoms with Crippen molar-refractivity contribution in [3.63, 3.8) is 0 Å². The van der Waals surface area contributed by atoms with E-state index >= 15 is 0 Å². The van der Waals surface area contributed by atoms with Crippen molar-refractivity contribution in [2.45, 2.75) is 114 Å². The van der Waals surface area contributed by atoms with E-state index in [1.807, 2.05) is 0 Å². The number of nitro groups is 3. The van der Waals surface area contributed by atoms with Crippen LogP contribution in [-0.4, -0.2) is 72.1 Å². The van der Waals surface area contributed by atoms with Gasteiger partial charge in [-0.25, -0.2) is 14.4 Å². The molecule has 0 heterocycles. The van der Waals surface area contributed by atoms with E-state index in [9.17, 15) is 44.7 Å². The van der Waals surface area contributed by atoms with Gasteiger partial charge in [-0.2, -0.15) is 0 Å². The second-order valence-corrected chi connectivity index (χ2v) is 15.1. The lowest BCUT2D eigenvalue weighted by atomic mass is 9.95. The van der Waals surface area contributed by atoms with Gasteiger partial charge in [0.25, 0.3) is 17.1 Å². The zero-order valence-electron chi connectivity index (χ0n) is 34.7. The molecule has 3 aromatic rings. The molecule has 4 N–H and O–H groups in total. The largest absolute Gasteiger partial charge is 0.465 e. The summed E-state index contributed by atoms with van der Waals surface area (Å²) in [6.45, 7) is 0. The van der Waals surface area contributed by atoms with Gasteiger partial charge in [-0.3, -0.25) is 30.3 Å². The van der Waals surface area contributed by atoms with Crippen molar-refractivity contribution in [2.24, 2.45) is 5.73 Å². The van der Waals surface area contributed by atoms with Crippen LogP contribution in [0.25, 0.3) is 0 Å². The lowest BCUT2D eigenvalue weighted by Gasteiger charge is -2.23. The van der Waals surface area contributed by atoms with Crippen LogP contribution in [0.2, 0.25) is 5.02 Å². The third-order valence-electron chi connectivity index (χ3n) is 10.4. The van der Waals surface area contributed by atoms with Crippen molar-refractivity contribution >= 4 is 57.9 Å². The number of methoxy groups -OCH3 is 3. The molecular formula is C42H55ClN6O12. The normalized spacial score (nSPS) is 15.4. The fraction of sp³-hybridized carbons (Fsp3) is 0.500. The molecule has 0 bridgehead atoms. The van der Waals surface area contributed by atoms with Crippen LogP contribution in [0.5, 0.6) is 0 Å². The number of ether oxygens (including phenoxy) is 3. The molecule has 3 aliphatic carbocycles. The number of carbonyl (C=O) groups is 3. The van der Waals surface area contributed by atoms with E-state index in [1.165, 1.54) is 90.5 Å². The van der Waals surface area contributed by atoms with Gasteiger partial charge in [-0.1, -0.05) is 69.4 Å². The first-order chi connectivity index (χ1) is 29.2. The molecule has 0 saturated heterocycles. The Labute approximate surface area is 359 Å². The summed E-state index contributed by atoms with van der Waals surface area (Å²) in [7, 11) is 3.70. The fourth-order valence-corrected chi connectivity index (χ4v) is 7.25. The third-order valence-corrected chi connectivity index (χ3v) is 10.7. The Bertz CT molecular complexity index is 1870. The smallest absolute Gasteiger partial charge is 0.338 e. The van der Waals surface area contributed by atoms with Gasteiger partial charge in [0.1, 0.15) is 16.4 Å². The number of esters is 3. The molecule has 6 rings (SSSR count). The number of benzene rings is 3. The second-order valence-electron chi connectivity index (χ2n) is 14.7. The van der Waals surface area contributed by atoms with Gasteiger partial charge in [0, 0.05) is 36.3 Å². The maximum atomic E-state index is 11.4. The Morgan fingerprint density at radius 1 is 0.541 bits per heavy atom. The average Bonchev–Trinajstić information content (AvgIpc) is 3.27. The SMILES string of the molecule is COC(=O)c1ccc(Cl)c([N+](=O)[O-])c1.COC(=O)c1ccc(NC2CCCCC2)c([N+](=O)[O-])c1.COC(=O)c1ccc(NC2CCCCC2)c([N+](=O)[O-])c1.NC1CCCCC1. The summed E-state index contributed by atoms with van der Waals surface area (Å²) < 4.78 is 13.6. The molecular weight excluding hydrogens is 816 g/mol. The minimum atomic E-state index is -0.658. The van der Waals surface area contributed by atoms with Crippen molar-refractivity contribution in [3.8, 4) is 0 Å². The van der Waals surface area contributed by atoms with Crippen LogP contribution in [0.1, 0.15) is 127 Å². The molecule has 0 radical (unpaired) electrons. The van der Waals surface area contributed by atoms with E-state index in [1.54, 1.807) is 24.3 Å². The lowest BCUT2D eigenvalue weighted by molar-refractivity contribution is -0.384. The first-order valence-electron chi connectivity index (χ1n) is 20.2. The molecule has 18 nitrogen and oxygen atoms in total. The standard InChI is InChI=1S/2C14H18N2O4.C8H6ClNO4.C6H13N/c2*1-20-14(17)10-7-8-12(13(9-10)16(18)19)15-11-5-3-2-4-6-11;1-14-8(11)5-2-3-6(9)7(4-5)10(12)13;7-6-4-2-1-3-5-6/h2*7-9,11,15H,2-6H2,1H3;2-4H,1H3;6H,1-5,7H2. The van der Waals surface area contributed by atoms with Gasteiger partial charge >= 0.3 is 17.9 Å². The van der Waals surface area contributed by atoms with Crippen molar-refractivity contribution in [3.05, 3.63) is 107 Å². The maximum absolute atomic E-state index is 11.4.